The molecule has 34 heavy (non-hydrogen) atoms. The number of rotatable bonds is 3. The fraction of sp³-hybridized carbons (Fsp3) is 0.0938. The molecular weight excluding hydrogens is 414 g/mol. The quantitative estimate of drug-likeness (QED) is 0.288. The second-order valence-electron chi connectivity index (χ2n) is 9.09. The van der Waals surface area contributed by atoms with E-state index in [-0.39, 0.29) is 5.91 Å². The molecular formula is C32H25NO. The Balaban J connectivity index is 1.71. The molecule has 5 aromatic carbocycles. The Hall–Kier alpha value is -4.17. The molecule has 0 unspecified atom stereocenters. The van der Waals surface area contributed by atoms with Crippen molar-refractivity contribution in [3.8, 4) is 11.1 Å². The number of anilines is 1. The first-order valence-electron chi connectivity index (χ1n) is 11.7. The molecule has 0 spiro atoms. The van der Waals surface area contributed by atoms with Gasteiger partial charge in [0, 0.05) is 5.56 Å². The first-order valence-corrected chi connectivity index (χ1v) is 11.7. The molecule has 6 rings (SSSR count). The van der Waals surface area contributed by atoms with Crippen molar-refractivity contribution in [3.63, 3.8) is 0 Å². The molecule has 0 N–H and O–H groups in total. The second-order valence-corrected chi connectivity index (χ2v) is 9.09. The summed E-state index contributed by atoms with van der Waals surface area (Å²) in [5.41, 5.74) is 5.52. The summed E-state index contributed by atoms with van der Waals surface area (Å²) in [6, 6.07) is 41.6. The number of carbonyl (C=O) groups is 1. The third-order valence-corrected chi connectivity index (χ3v) is 7.14. The average Bonchev–Trinajstić information content (AvgIpc) is 2.98. The Morgan fingerprint density at radius 2 is 1.32 bits per heavy atom. The number of hydrogen-bond donors (Lipinski definition) is 0. The van der Waals surface area contributed by atoms with Gasteiger partial charge in [-0.3, -0.25) is 4.79 Å². The van der Waals surface area contributed by atoms with Crippen LogP contribution in [0.1, 0.15) is 23.6 Å². The van der Waals surface area contributed by atoms with Crippen molar-refractivity contribution in [1.82, 2.24) is 0 Å². The molecule has 1 atom stereocenters. The van der Waals surface area contributed by atoms with Gasteiger partial charge in [-0.1, -0.05) is 115 Å². The lowest BCUT2D eigenvalue weighted by Gasteiger charge is -2.34. The van der Waals surface area contributed by atoms with Crippen molar-refractivity contribution in [2.45, 2.75) is 18.9 Å². The summed E-state index contributed by atoms with van der Waals surface area (Å²) in [4.78, 5) is 16.6. The maximum absolute atomic E-state index is 14.7. The van der Waals surface area contributed by atoms with Gasteiger partial charge in [-0.2, -0.15) is 0 Å². The lowest BCUT2D eigenvalue weighted by Crippen LogP contribution is -2.45. The Labute approximate surface area is 200 Å². The normalized spacial score (nSPS) is 17.2. The van der Waals surface area contributed by atoms with E-state index >= 15 is 0 Å². The molecule has 0 radical (unpaired) electrons. The van der Waals surface area contributed by atoms with Crippen molar-refractivity contribution < 1.29 is 4.79 Å². The van der Waals surface area contributed by atoms with Crippen LogP contribution in [-0.4, -0.2) is 5.91 Å². The van der Waals surface area contributed by atoms with Crippen molar-refractivity contribution >= 4 is 22.4 Å². The standard InChI is InChI=1S/C32H25NO/c1-32(25-15-6-3-7-16-25)28-19-11-10-18-27(28)30-26-17-9-8-14-24(26)20-21-29(30)33(31(32)34)22-23-12-4-2-5-13-23/h2-21H,22H2,1H3/t32-/m0/s1. The van der Waals surface area contributed by atoms with Crippen LogP contribution in [-0.2, 0) is 16.8 Å². The van der Waals surface area contributed by atoms with Gasteiger partial charge in [0.2, 0.25) is 5.91 Å². The number of fused-ring (bicyclic) bond motifs is 5. The van der Waals surface area contributed by atoms with Crippen LogP contribution in [0.3, 0.4) is 0 Å². The summed E-state index contributed by atoms with van der Waals surface area (Å²) in [7, 11) is 0. The number of amides is 1. The minimum absolute atomic E-state index is 0.0871. The molecule has 5 aromatic rings. The molecule has 0 saturated heterocycles. The van der Waals surface area contributed by atoms with E-state index in [2.05, 4.69) is 85.8 Å². The smallest absolute Gasteiger partial charge is 0.242 e. The predicted molar refractivity (Wildman–Crippen MR) is 140 cm³/mol. The van der Waals surface area contributed by atoms with Crippen LogP contribution in [0, 0.1) is 0 Å². The largest absolute Gasteiger partial charge is 0.306 e. The van der Waals surface area contributed by atoms with Crippen LogP contribution >= 0.6 is 0 Å². The second kappa shape index (κ2) is 8.00. The summed E-state index contributed by atoms with van der Waals surface area (Å²) in [6.07, 6.45) is 0. The predicted octanol–water partition coefficient (Wildman–Crippen LogP) is 7.36. The number of nitrogens with zero attached hydrogens (tertiary/aromatic N) is 1. The highest BCUT2D eigenvalue weighted by Gasteiger charge is 2.45. The van der Waals surface area contributed by atoms with Gasteiger partial charge in [-0.25, -0.2) is 0 Å². The van der Waals surface area contributed by atoms with Crippen LogP contribution in [0.5, 0.6) is 0 Å². The zero-order valence-electron chi connectivity index (χ0n) is 19.1. The summed E-state index contributed by atoms with van der Waals surface area (Å²) in [5.74, 6) is 0.0871. The lowest BCUT2D eigenvalue weighted by molar-refractivity contribution is -0.122. The molecule has 2 nitrogen and oxygen atoms in total. The van der Waals surface area contributed by atoms with Crippen LogP contribution < -0.4 is 4.90 Å². The minimum Gasteiger partial charge on any atom is -0.306 e. The van der Waals surface area contributed by atoms with Crippen LogP contribution in [0.25, 0.3) is 21.9 Å². The van der Waals surface area contributed by atoms with Gasteiger partial charge in [0.15, 0.2) is 0 Å². The number of benzene rings is 5. The van der Waals surface area contributed by atoms with E-state index < -0.39 is 5.41 Å². The maximum Gasteiger partial charge on any atom is 0.242 e. The first-order chi connectivity index (χ1) is 16.7. The van der Waals surface area contributed by atoms with E-state index in [1.807, 2.05) is 47.4 Å². The summed E-state index contributed by atoms with van der Waals surface area (Å²) in [5, 5.41) is 2.34. The van der Waals surface area contributed by atoms with Gasteiger partial charge in [0.25, 0.3) is 0 Å². The monoisotopic (exact) mass is 439 g/mol. The van der Waals surface area contributed by atoms with Gasteiger partial charge < -0.3 is 4.90 Å². The van der Waals surface area contributed by atoms with Crippen LogP contribution in [0.15, 0.2) is 121 Å². The Morgan fingerprint density at radius 3 is 2.12 bits per heavy atom. The SMILES string of the molecule is C[C@@]1(c2ccccc2)C(=O)N(Cc2ccccc2)c2ccc3ccccc3c2-c2ccccc21. The van der Waals surface area contributed by atoms with E-state index in [1.54, 1.807) is 0 Å². The first kappa shape index (κ1) is 20.4. The maximum atomic E-state index is 14.7. The summed E-state index contributed by atoms with van der Waals surface area (Å²) in [6.45, 7) is 2.59. The molecule has 2 heteroatoms. The zero-order valence-corrected chi connectivity index (χ0v) is 19.1. The number of carbonyl (C=O) groups excluding carboxylic acids is 1. The molecule has 0 aliphatic carbocycles. The van der Waals surface area contributed by atoms with Crippen molar-refractivity contribution in [1.29, 1.82) is 0 Å². The van der Waals surface area contributed by atoms with Crippen LogP contribution in [0.2, 0.25) is 0 Å². The lowest BCUT2D eigenvalue weighted by atomic mass is 9.73. The average molecular weight is 440 g/mol. The van der Waals surface area contributed by atoms with E-state index in [1.165, 1.54) is 5.39 Å². The number of hydrogen-bond acceptors (Lipinski definition) is 1. The molecule has 0 saturated carbocycles. The third-order valence-electron chi connectivity index (χ3n) is 7.14. The van der Waals surface area contributed by atoms with Gasteiger partial charge in [0.1, 0.15) is 0 Å². The summed E-state index contributed by atoms with van der Waals surface area (Å²) < 4.78 is 0. The molecule has 0 bridgehead atoms. The van der Waals surface area contributed by atoms with Crippen molar-refractivity contribution in [2.75, 3.05) is 4.90 Å². The molecule has 1 heterocycles. The fourth-order valence-corrected chi connectivity index (χ4v) is 5.37. The van der Waals surface area contributed by atoms with Gasteiger partial charge in [0.05, 0.1) is 17.6 Å². The molecule has 1 amide bonds. The molecule has 164 valence electrons. The van der Waals surface area contributed by atoms with E-state index in [4.69, 9.17) is 0 Å². The van der Waals surface area contributed by atoms with E-state index in [0.29, 0.717) is 6.54 Å². The fourth-order valence-electron chi connectivity index (χ4n) is 5.37. The zero-order chi connectivity index (χ0) is 23.1. The molecule has 0 aromatic heterocycles. The minimum atomic E-state index is -0.827. The van der Waals surface area contributed by atoms with Crippen molar-refractivity contribution in [3.05, 3.63) is 138 Å². The topological polar surface area (TPSA) is 20.3 Å². The Kier molecular flexibility index (Phi) is 4.81. The Morgan fingerprint density at radius 1 is 0.676 bits per heavy atom. The van der Waals surface area contributed by atoms with Gasteiger partial charge >= 0.3 is 0 Å². The molecule has 1 aliphatic rings. The molecule has 0 fully saturated rings. The van der Waals surface area contributed by atoms with Gasteiger partial charge in [-0.15, -0.1) is 0 Å². The van der Waals surface area contributed by atoms with E-state index in [0.717, 1.165) is 38.9 Å². The Bertz CT molecular complexity index is 1510. The highest BCUT2D eigenvalue weighted by Crippen LogP contribution is 2.49. The van der Waals surface area contributed by atoms with E-state index in [9.17, 15) is 4.79 Å². The summed E-state index contributed by atoms with van der Waals surface area (Å²) >= 11 is 0. The highest BCUT2D eigenvalue weighted by molar-refractivity contribution is 6.14. The highest BCUT2D eigenvalue weighted by atomic mass is 16.2. The van der Waals surface area contributed by atoms with Crippen LogP contribution in [0.4, 0.5) is 5.69 Å². The van der Waals surface area contributed by atoms with Crippen molar-refractivity contribution in [2.24, 2.45) is 0 Å². The third kappa shape index (κ3) is 3.07. The van der Waals surface area contributed by atoms with Gasteiger partial charge in [-0.05, 0) is 46.0 Å². The molecule has 1 aliphatic heterocycles.